The number of rotatable bonds is 7. The summed E-state index contributed by atoms with van der Waals surface area (Å²) in [6, 6.07) is 23.0. The maximum absolute atomic E-state index is 3.96. The number of aryl methyl sites for hydroxylation is 2. The molecule has 0 amide bonds. The van der Waals surface area contributed by atoms with Crippen LogP contribution in [0.3, 0.4) is 0 Å². The second kappa shape index (κ2) is 9.44. The van der Waals surface area contributed by atoms with Gasteiger partial charge in [0.05, 0.1) is 0 Å². The van der Waals surface area contributed by atoms with Crippen LogP contribution in [0.1, 0.15) is 56.6 Å². The second-order valence-corrected chi connectivity index (χ2v) is 8.90. The van der Waals surface area contributed by atoms with Crippen LogP contribution in [0.4, 0.5) is 0 Å². The first kappa shape index (κ1) is 20.0. The molecule has 0 spiro atoms. The molecular formula is C29H34. The van der Waals surface area contributed by atoms with Crippen molar-refractivity contribution < 1.29 is 0 Å². The van der Waals surface area contributed by atoms with E-state index in [0.29, 0.717) is 0 Å². The highest BCUT2D eigenvalue weighted by molar-refractivity contribution is 5.87. The molecule has 0 bridgehead atoms. The zero-order valence-corrected chi connectivity index (χ0v) is 17.9. The summed E-state index contributed by atoms with van der Waals surface area (Å²) in [5.41, 5.74) is 5.55. The number of hydrogen-bond donors (Lipinski definition) is 0. The molecule has 1 aliphatic rings. The van der Waals surface area contributed by atoms with E-state index in [2.05, 4.69) is 80.2 Å². The first-order valence-corrected chi connectivity index (χ1v) is 11.5. The molecule has 0 heteroatoms. The van der Waals surface area contributed by atoms with Gasteiger partial charge in [-0.2, -0.15) is 0 Å². The Morgan fingerprint density at radius 2 is 1.41 bits per heavy atom. The van der Waals surface area contributed by atoms with Gasteiger partial charge in [-0.15, -0.1) is 6.58 Å². The van der Waals surface area contributed by atoms with Crippen molar-refractivity contribution in [1.29, 1.82) is 0 Å². The van der Waals surface area contributed by atoms with Crippen molar-refractivity contribution in [3.8, 4) is 11.1 Å². The summed E-state index contributed by atoms with van der Waals surface area (Å²) in [5, 5.41) is 2.68. The van der Waals surface area contributed by atoms with Crippen molar-refractivity contribution in [2.24, 2.45) is 11.8 Å². The Morgan fingerprint density at radius 1 is 0.759 bits per heavy atom. The van der Waals surface area contributed by atoms with E-state index < -0.39 is 0 Å². The minimum absolute atomic E-state index is 0.769. The summed E-state index contributed by atoms with van der Waals surface area (Å²) >= 11 is 0. The smallest absolute Gasteiger partial charge is 0.0178 e. The standard InChI is InChI=1S/C29H34/c1-3-5-25-14-17-29-21-28(19-18-27(29)20-25)26-15-12-24(13-16-26)11-10-23-8-6-22(4-2)7-9-23/h4,12-23H,2-3,5-11H2,1H3. The molecule has 0 radical (unpaired) electrons. The monoisotopic (exact) mass is 382 g/mol. The molecule has 1 aliphatic carbocycles. The summed E-state index contributed by atoms with van der Waals surface area (Å²) < 4.78 is 0. The Hall–Kier alpha value is -2.34. The van der Waals surface area contributed by atoms with Gasteiger partial charge in [0.1, 0.15) is 0 Å². The lowest BCUT2D eigenvalue weighted by Crippen LogP contribution is -2.13. The van der Waals surface area contributed by atoms with E-state index in [9.17, 15) is 0 Å². The van der Waals surface area contributed by atoms with E-state index in [-0.39, 0.29) is 0 Å². The van der Waals surface area contributed by atoms with E-state index in [0.717, 1.165) is 18.3 Å². The Kier molecular flexibility index (Phi) is 6.49. The van der Waals surface area contributed by atoms with Crippen molar-refractivity contribution in [2.75, 3.05) is 0 Å². The fraction of sp³-hybridized carbons (Fsp3) is 0.379. The second-order valence-electron chi connectivity index (χ2n) is 8.90. The van der Waals surface area contributed by atoms with Crippen LogP contribution in [0.15, 0.2) is 73.3 Å². The molecule has 150 valence electrons. The summed E-state index contributed by atoms with van der Waals surface area (Å²) in [6.45, 7) is 6.20. The molecule has 3 aromatic carbocycles. The van der Waals surface area contributed by atoms with Gasteiger partial charge in [-0.1, -0.05) is 74.0 Å². The third-order valence-electron chi connectivity index (χ3n) is 6.80. The molecule has 0 unspecified atom stereocenters. The van der Waals surface area contributed by atoms with Crippen LogP contribution in [-0.4, -0.2) is 0 Å². The Bertz CT molecular complexity index is 939. The molecule has 0 nitrogen and oxygen atoms in total. The number of allylic oxidation sites excluding steroid dienone is 1. The average molecular weight is 383 g/mol. The zero-order valence-electron chi connectivity index (χ0n) is 17.9. The molecule has 0 atom stereocenters. The predicted octanol–water partition coefficient (Wildman–Crippen LogP) is 8.38. The summed E-state index contributed by atoms with van der Waals surface area (Å²) in [6.07, 6.45) is 12.5. The molecule has 0 heterocycles. The fourth-order valence-electron chi connectivity index (χ4n) is 4.87. The maximum Gasteiger partial charge on any atom is -0.0178 e. The SMILES string of the molecule is C=CC1CCC(CCc2ccc(-c3ccc4cc(CCC)ccc4c3)cc2)CC1. The first-order valence-electron chi connectivity index (χ1n) is 11.5. The van der Waals surface area contributed by atoms with E-state index in [1.54, 1.807) is 0 Å². The highest BCUT2D eigenvalue weighted by Gasteiger charge is 2.18. The van der Waals surface area contributed by atoms with Crippen molar-refractivity contribution >= 4 is 10.8 Å². The number of benzene rings is 3. The Morgan fingerprint density at radius 3 is 2.14 bits per heavy atom. The van der Waals surface area contributed by atoms with Gasteiger partial charge in [0, 0.05) is 0 Å². The highest BCUT2D eigenvalue weighted by atomic mass is 14.2. The highest BCUT2D eigenvalue weighted by Crippen LogP contribution is 2.32. The molecule has 1 fully saturated rings. The molecule has 1 saturated carbocycles. The van der Waals surface area contributed by atoms with Gasteiger partial charge < -0.3 is 0 Å². The van der Waals surface area contributed by atoms with Crippen LogP contribution in [0, 0.1) is 11.8 Å². The van der Waals surface area contributed by atoms with Gasteiger partial charge in [-0.05, 0) is 95.9 Å². The van der Waals surface area contributed by atoms with Crippen LogP contribution >= 0.6 is 0 Å². The lowest BCUT2D eigenvalue weighted by Gasteiger charge is -2.26. The van der Waals surface area contributed by atoms with Crippen molar-refractivity contribution in [3.05, 3.63) is 84.4 Å². The van der Waals surface area contributed by atoms with Crippen LogP contribution in [0.25, 0.3) is 21.9 Å². The predicted molar refractivity (Wildman–Crippen MR) is 127 cm³/mol. The minimum atomic E-state index is 0.769. The quantitative estimate of drug-likeness (QED) is 0.360. The molecule has 0 aliphatic heterocycles. The molecule has 29 heavy (non-hydrogen) atoms. The molecule has 0 aromatic heterocycles. The molecule has 0 N–H and O–H groups in total. The van der Waals surface area contributed by atoms with Gasteiger partial charge in [-0.3, -0.25) is 0 Å². The van der Waals surface area contributed by atoms with E-state index in [1.807, 2.05) is 0 Å². The molecule has 0 saturated heterocycles. The van der Waals surface area contributed by atoms with Gasteiger partial charge >= 0.3 is 0 Å². The molecular weight excluding hydrogens is 348 g/mol. The van der Waals surface area contributed by atoms with Crippen molar-refractivity contribution in [2.45, 2.75) is 58.3 Å². The van der Waals surface area contributed by atoms with Gasteiger partial charge in [-0.25, -0.2) is 0 Å². The van der Waals surface area contributed by atoms with E-state index in [4.69, 9.17) is 0 Å². The summed E-state index contributed by atoms with van der Waals surface area (Å²) in [7, 11) is 0. The average Bonchev–Trinajstić information content (AvgIpc) is 2.78. The van der Waals surface area contributed by atoms with Crippen molar-refractivity contribution in [1.82, 2.24) is 0 Å². The largest absolute Gasteiger partial charge is 0.103 e. The maximum atomic E-state index is 3.96. The zero-order chi connectivity index (χ0) is 20.1. The topological polar surface area (TPSA) is 0 Å². The number of fused-ring (bicyclic) bond motifs is 1. The normalized spacial score (nSPS) is 19.3. The van der Waals surface area contributed by atoms with Gasteiger partial charge in [0.2, 0.25) is 0 Å². The molecule has 4 rings (SSSR count). The van der Waals surface area contributed by atoms with Crippen molar-refractivity contribution in [3.63, 3.8) is 0 Å². The van der Waals surface area contributed by atoms with Crippen LogP contribution in [0.5, 0.6) is 0 Å². The van der Waals surface area contributed by atoms with Crippen LogP contribution < -0.4 is 0 Å². The van der Waals surface area contributed by atoms with E-state index in [1.165, 1.54) is 78.0 Å². The third kappa shape index (κ3) is 4.99. The number of hydrogen-bond acceptors (Lipinski definition) is 0. The third-order valence-corrected chi connectivity index (χ3v) is 6.80. The van der Waals surface area contributed by atoms with Gasteiger partial charge in [0.15, 0.2) is 0 Å². The fourth-order valence-corrected chi connectivity index (χ4v) is 4.87. The lowest BCUT2D eigenvalue weighted by atomic mass is 9.79. The summed E-state index contributed by atoms with van der Waals surface area (Å²) in [5.74, 6) is 1.68. The Labute approximate surface area is 176 Å². The van der Waals surface area contributed by atoms with E-state index >= 15 is 0 Å². The minimum Gasteiger partial charge on any atom is -0.103 e. The lowest BCUT2D eigenvalue weighted by molar-refractivity contribution is 0.296. The Balaban J connectivity index is 1.39. The van der Waals surface area contributed by atoms with Crippen LogP contribution in [0.2, 0.25) is 0 Å². The summed E-state index contributed by atoms with van der Waals surface area (Å²) in [4.78, 5) is 0. The van der Waals surface area contributed by atoms with Gasteiger partial charge in [0.25, 0.3) is 0 Å². The van der Waals surface area contributed by atoms with Crippen LogP contribution in [-0.2, 0) is 12.8 Å². The molecule has 3 aromatic rings. The first-order chi connectivity index (χ1) is 14.2.